The number of carbonyl (C=O) groups excluding carboxylic acids is 1. The van der Waals surface area contributed by atoms with Crippen molar-refractivity contribution < 1.29 is 58.8 Å². The maximum absolute atomic E-state index is 13.1. The number of aliphatic hydroxyl groups excluding tert-OH is 5. The molecule has 6 aliphatic rings. The summed E-state index contributed by atoms with van der Waals surface area (Å²) in [5.41, 5.74) is 14.3. The van der Waals surface area contributed by atoms with Gasteiger partial charge in [0.2, 0.25) is 5.95 Å². The molecule has 0 bridgehead atoms. The zero-order chi connectivity index (χ0) is 50.4. The largest absolute Gasteiger partial charge is 0.394 e. The number of aliphatic hydroxyl groups is 6. The average Bonchev–Trinajstić information content (AvgIpc) is 3.84. The number of nitrogens with two attached hydrogens (primary N) is 3. The molecule has 1 aliphatic carbocycles. The van der Waals surface area contributed by atoms with Gasteiger partial charge in [0, 0.05) is 36.0 Å². The lowest BCUT2D eigenvalue weighted by Crippen LogP contribution is -2.53. The first kappa shape index (κ1) is 52.1. The number of anilines is 4. The maximum atomic E-state index is 13.1. The minimum absolute atomic E-state index is 0.0504. The van der Waals surface area contributed by atoms with E-state index in [2.05, 4.69) is 42.1 Å². The van der Waals surface area contributed by atoms with Crippen LogP contribution < -0.4 is 39.2 Å². The molecule has 380 valence electrons. The number of nitrogen functional groups attached to an aromatic ring is 3. The van der Waals surface area contributed by atoms with Crippen molar-refractivity contribution in [1.82, 2.24) is 48.8 Å². The lowest BCUT2D eigenvalue weighted by molar-refractivity contribution is -0.124. The van der Waals surface area contributed by atoms with Gasteiger partial charge in [0.25, 0.3) is 5.91 Å². The Labute approximate surface area is 404 Å². The Morgan fingerprint density at radius 2 is 1.57 bits per heavy atom. The quantitative estimate of drug-likeness (QED) is 0.0738. The smallest absolute Gasteiger partial charge is 0.351 e. The van der Waals surface area contributed by atoms with Gasteiger partial charge in [-0.15, -0.1) is 23.5 Å². The number of nitrogens with one attached hydrogen (secondary N) is 2. The fourth-order valence-electron chi connectivity index (χ4n) is 7.17. The third kappa shape index (κ3) is 12.0. The third-order valence-corrected chi connectivity index (χ3v) is 13.2. The molecule has 30 heteroatoms. The van der Waals surface area contributed by atoms with Gasteiger partial charge in [-0.1, -0.05) is 12.7 Å². The molecule has 10 atom stereocenters. The first-order valence-electron chi connectivity index (χ1n) is 21.4. The Morgan fingerprint density at radius 3 is 2.14 bits per heavy atom. The van der Waals surface area contributed by atoms with Crippen molar-refractivity contribution in [3.05, 3.63) is 88.4 Å². The lowest BCUT2D eigenvalue weighted by atomic mass is 9.96. The van der Waals surface area contributed by atoms with Crippen molar-refractivity contribution in [3.63, 3.8) is 0 Å². The monoisotopic (exact) mass is 1020 g/mol. The predicted octanol–water partition coefficient (Wildman–Crippen LogP) is -2.39. The summed E-state index contributed by atoms with van der Waals surface area (Å²) in [7, 11) is 0. The molecule has 4 aromatic rings. The second kappa shape index (κ2) is 22.5. The molecule has 5 aliphatic heterocycles. The topological polar surface area (TPSA) is 394 Å². The fraction of sp³-hybridized carbons (Fsp3) is 0.500. The number of hydrogen-bond acceptors (Lipinski definition) is 25. The first-order chi connectivity index (χ1) is 33.4. The van der Waals surface area contributed by atoms with E-state index in [1.807, 2.05) is 12.2 Å². The summed E-state index contributed by atoms with van der Waals surface area (Å²) in [6, 6.07) is 2.00. The van der Waals surface area contributed by atoms with Crippen LogP contribution >= 0.6 is 23.5 Å². The first-order valence-corrected chi connectivity index (χ1v) is 23.5. The number of fused-ring (bicyclic) bond motifs is 1. The highest BCUT2D eigenvalue weighted by Gasteiger charge is 2.54. The van der Waals surface area contributed by atoms with Crippen LogP contribution in [0.4, 0.5) is 27.8 Å². The second-order valence-electron chi connectivity index (χ2n) is 16.1. The van der Waals surface area contributed by atoms with Crippen molar-refractivity contribution in [2.24, 2.45) is 0 Å². The fourth-order valence-corrected chi connectivity index (χ4v) is 9.03. The zero-order valence-electron chi connectivity index (χ0n) is 37.2. The number of aromatic nitrogens is 8. The van der Waals surface area contributed by atoms with Gasteiger partial charge in [0.15, 0.2) is 41.1 Å². The summed E-state index contributed by atoms with van der Waals surface area (Å²) >= 11 is 2.82. The zero-order valence-corrected chi connectivity index (χ0v) is 38.9. The van der Waals surface area contributed by atoms with Crippen LogP contribution in [0.25, 0.3) is 11.2 Å². The molecule has 1 amide bonds. The summed E-state index contributed by atoms with van der Waals surface area (Å²) in [5.74, 6) is 0.860. The van der Waals surface area contributed by atoms with Gasteiger partial charge < -0.3 is 82.3 Å². The highest BCUT2D eigenvalue weighted by atomic mass is 32.2. The molecular weight excluding hydrogens is 968 g/mol. The van der Waals surface area contributed by atoms with Gasteiger partial charge in [-0.05, 0) is 31.9 Å². The molecule has 27 nitrogen and oxygen atoms in total. The maximum Gasteiger partial charge on any atom is 0.351 e. The summed E-state index contributed by atoms with van der Waals surface area (Å²) in [6.45, 7) is 4.37. The number of thioether (sulfide) groups is 2. The molecular formula is C40H53FN14O13S2. The highest BCUT2D eigenvalue weighted by Crippen LogP contribution is 2.36. The van der Waals surface area contributed by atoms with Crippen molar-refractivity contribution in [2.45, 2.75) is 85.5 Å². The van der Waals surface area contributed by atoms with Crippen LogP contribution in [-0.4, -0.2) is 165 Å². The molecule has 3 saturated heterocycles. The summed E-state index contributed by atoms with van der Waals surface area (Å²) in [5, 5.41) is 61.8. The molecule has 0 radical (unpaired) electrons. The van der Waals surface area contributed by atoms with Crippen LogP contribution in [-0.2, 0) is 23.7 Å². The standard InChI is InChI=1S/C13H16N6O2.C11H16N2O5.C8H10FN3O3S.C8H11N3O3S/c14-13-17-11(16-7-1-2-7)10-12(18-13)19(6-15-10)9-4-3-8(5-20)21-9;1-6-12-8(15)3-4-13(6)10-11(2,17)9(16)7(5-14)18-10;9-4-1-12(8(14)11-7(4)10)5-3-16-6(2-13)15-5;9-5-1-2-11(8(13)10-5)6-4-15-7(3-12)14-6/h3-4,6-9,20H,1-2,5H2,(H3,14,16,17,18);3-4,7,9-10,14,16-17H,1,5H2,2H3,(H,12,15);1,5-6,13H,2-3H2,(H2,10,11,14);1-2,6-7,12H,3-4H2,(H2,9,10,13). The Bertz CT molecular complexity index is 2690. The van der Waals surface area contributed by atoms with Crippen molar-refractivity contribution in [2.75, 3.05) is 60.5 Å². The van der Waals surface area contributed by atoms with Crippen molar-refractivity contribution in [3.8, 4) is 0 Å². The molecule has 0 spiro atoms. The number of nitrogens with zero attached hydrogens (tertiary/aromatic N) is 9. The molecule has 0 aromatic carbocycles. The van der Waals surface area contributed by atoms with Gasteiger partial charge in [0.1, 0.15) is 58.9 Å². The Hall–Kier alpha value is -5.77. The van der Waals surface area contributed by atoms with Gasteiger partial charge in [0.05, 0.1) is 39.0 Å². The van der Waals surface area contributed by atoms with Crippen LogP contribution in [0.5, 0.6) is 0 Å². The van der Waals surface area contributed by atoms with Gasteiger partial charge in [-0.2, -0.15) is 19.9 Å². The Morgan fingerprint density at radius 1 is 0.900 bits per heavy atom. The van der Waals surface area contributed by atoms with E-state index < -0.39 is 65.3 Å². The van der Waals surface area contributed by atoms with E-state index in [1.165, 1.54) is 52.2 Å². The molecule has 4 aromatic heterocycles. The average molecular weight is 1020 g/mol. The van der Waals surface area contributed by atoms with E-state index in [4.69, 9.17) is 56.6 Å². The van der Waals surface area contributed by atoms with Gasteiger partial charge in [-0.3, -0.25) is 18.5 Å². The van der Waals surface area contributed by atoms with Crippen LogP contribution in [0, 0.1) is 5.82 Å². The second-order valence-corrected chi connectivity index (χ2v) is 18.5. The van der Waals surface area contributed by atoms with E-state index in [-0.39, 0.29) is 67.3 Å². The summed E-state index contributed by atoms with van der Waals surface area (Å²) in [6.07, 6.45) is 8.15. The van der Waals surface area contributed by atoms with Gasteiger partial charge >= 0.3 is 11.4 Å². The number of carbonyl (C=O) groups is 1. The molecule has 1 saturated carbocycles. The molecule has 9 heterocycles. The SMILES string of the molecule is C=C1NC(=O)C=CN1C1OC(CO)C(O)C1(C)O.Nc1ccn(C2CSC(CO)O2)c(=O)n1.Nc1nc(=O)n(C2CSC(CO)O2)cc1F.Nc1nc(NC2CC2)c2ncn(C3C=CC(CO)O3)c2n1. The Kier molecular flexibility index (Phi) is 16.8. The minimum Gasteiger partial charge on any atom is -0.394 e. The normalized spacial score (nSPS) is 29.0. The molecule has 4 fully saturated rings. The number of imidazole rings is 1. The number of halogens is 1. The highest BCUT2D eigenvalue weighted by molar-refractivity contribution is 8.00. The van der Waals surface area contributed by atoms with Crippen LogP contribution in [0.3, 0.4) is 0 Å². The third-order valence-electron chi connectivity index (χ3n) is 10.9. The van der Waals surface area contributed by atoms with Gasteiger partial charge in [-0.25, -0.2) is 19.0 Å². The van der Waals surface area contributed by atoms with E-state index in [0.29, 0.717) is 34.5 Å². The molecule has 14 N–H and O–H groups in total. The van der Waals surface area contributed by atoms with Crippen molar-refractivity contribution >= 4 is 64.0 Å². The molecule has 10 unspecified atom stereocenters. The number of amides is 1. The number of ether oxygens (including phenoxy) is 4. The predicted molar refractivity (Wildman–Crippen MR) is 250 cm³/mol. The van der Waals surface area contributed by atoms with Crippen LogP contribution in [0.1, 0.15) is 38.4 Å². The Balaban J connectivity index is 0.000000139. The molecule has 10 rings (SSSR count). The van der Waals surface area contributed by atoms with E-state index >= 15 is 0 Å². The number of rotatable bonds is 10. The van der Waals surface area contributed by atoms with Crippen LogP contribution in [0.2, 0.25) is 0 Å². The summed E-state index contributed by atoms with van der Waals surface area (Å²) in [4.78, 5) is 55.2. The van der Waals surface area contributed by atoms with E-state index in [1.54, 1.807) is 23.2 Å². The molecule has 70 heavy (non-hydrogen) atoms. The lowest BCUT2D eigenvalue weighted by Gasteiger charge is -2.37. The van der Waals surface area contributed by atoms with E-state index in [9.17, 15) is 29.0 Å². The van der Waals surface area contributed by atoms with Crippen LogP contribution in [0.15, 0.2) is 71.2 Å². The summed E-state index contributed by atoms with van der Waals surface area (Å²) < 4.78 is 39.1. The van der Waals surface area contributed by atoms with E-state index in [0.717, 1.165) is 23.6 Å². The van der Waals surface area contributed by atoms with Crippen molar-refractivity contribution in [1.29, 1.82) is 0 Å². The number of hydrogen-bond donors (Lipinski definition) is 11. The minimum atomic E-state index is -1.59.